The van der Waals surface area contributed by atoms with Crippen molar-refractivity contribution in [1.29, 1.82) is 0 Å². The Bertz CT molecular complexity index is 3360. The molecule has 0 saturated carbocycles. The minimum atomic E-state index is -4.40. The van der Waals surface area contributed by atoms with Crippen LogP contribution in [0.2, 0.25) is 0 Å². The number of benzene rings is 4. The summed E-state index contributed by atoms with van der Waals surface area (Å²) in [4.78, 5) is 45.5. The maximum absolute atomic E-state index is 14.9. The maximum Gasteiger partial charge on any atom is 0.303 e. The summed E-state index contributed by atoms with van der Waals surface area (Å²) < 4.78 is 135. The van der Waals surface area contributed by atoms with E-state index in [0.29, 0.717) is 107 Å². The van der Waals surface area contributed by atoms with E-state index in [0.717, 1.165) is 0 Å². The molecular formula is C52H68N4O18S4. The van der Waals surface area contributed by atoms with Crippen LogP contribution >= 0.6 is 0 Å². The molecule has 0 spiro atoms. The molecule has 4 aromatic rings. The van der Waals surface area contributed by atoms with E-state index in [1.807, 2.05) is 45.6 Å². The van der Waals surface area contributed by atoms with E-state index in [-0.39, 0.29) is 76.0 Å². The van der Waals surface area contributed by atoms with Crippen molar-refractivity contribution in [2.45, 2.75) is 121 Å². The molecule has 0 aromatic heterocycles. The van der Waals surface area contributed by atoms with Gasteiger partial charge in [0.1, 0.15) is 23.0 Å². The van der Waals surface area contributed by atoms with Crippen molar-refractivity contribution in [3.63, 3.8) is 0 Å². The average molecular weight is 1170 g/mol. The van der Waals surface area contributed by atoms with Gasteiger partial charge in [0.05, 0.1) is 28.6 Å². The summed E-state index contributed by atoms with van der Waals surface area (Å²) in [5.41, 5.74) is 1.25. The normalized spacial score (nSPS) is 19.8. The molecule has 0 radical (unpaired) electrons. The summed E-state index contributed by atoms with van der Waals surface area (Å²) in [5.74, 6) is -6.09. The summed E-state index contributed by atoms with van der Waals surface area (Å²) in [7, 11) is -17.6. The molecule has 0 saturated heterocycles. The number of aliphatic hydroxyl groups is 1. The molecule has 7 N–H and O–H groups in total. The first-order valence-corrected chi connectivity index (χ1v) is 32.3. The number of anilines is 4. The number of hydrogen-bond donors (Lipinski definition) is 7. The number of nitrogens with zero attached hydrogens (tertiary/aromatic N) is 4. The topological polar surface area (TPSA) is 342 Å². The highest BCUT2D eigenvalue weighted by Gasteiger charge is 2.48. The SMILES string of the molecule is CC1(CCCCCC(=O)O)N(CCCS(=O)(=O)O)c2cccc3c(C4=C(O)C(c5ccc6c7c(cccc57)N(CCCS(=O)(=O)O)C(C)(CCCCCC(=O)O)N6CCCS(=O)(=O)O)C4=O)ccc(c23)N1CCCS(=O)(=O)O. The first kappa shape index (κ1) is 60.0. The lowest BCUT2D eigenvalue weighted by atomic mass is 9.72. The molecule has 428 valence electrons. The Morgan fingerprint density at radius 2 is 0.846 bits per heavy atom. The van der Waals surface area contributed by atoms with Crippen molar-refractivity contribution in [3.05, 3.63) is 77.5 Å². The number of carbonyl (C=O) groups excluding carboxylic acids is 1. The van der Waals surface area contributed by atoms with Gasteiger partial charge < -0.3 is 34.9 Å². The molecule has 4 aromatic carbocycles. The van der Waals surface area contributed by atoms with Gasteiger partial charge in [-0.15, -0.1) is 0 Å². The zero-order valence-electron chi connectivity index (χ0n) is 43.5. The number of carboxylic acid groups (broad SMARTS) is 2. The van der Waals surface area contributed by atoms with Gasteiger partial charge >= 0.3 is 11.9 Å². The van der Waals surface area contributed by atoms with E-state index in [2.05, 4.69) is 0 Å². The van der Waals surface area contributed by atoms with Gasteiger partial charge in [0.2, 0.25) is 0 Å². The molecule has 2 heterocycles. The molecule has 0 bridgehead atoms. The fourth-order valence-electron chi connectivity index (χ4n) is 11.9. The largest absolute Gasteiger partial charge is 0.510 e. The van der Waals surface area contributed by atoms with Gasteiger partial charge in [-0.3, -0.25) is 32.6 Å². The second-order valence-corrected chi connectivity index (χ2v) is 27.1. The van der Waals surface area contributed by atoms with E-state index in [1.54, 1.807) is 48.5 Å². The summed E-state index contributed by atoms with van der Waals surface area (Å²) in [5, 5.41) is 33.1. The summed E-state index contributed by atoms with van der Waals surface area (Å²) >= 11 is 0. The third kappa shape index (κ3) is 13.5. The van der Waals surface area contributed by atoms with Gasteiger partial charge in [-0.2, -0.15) is 33.7 Å². The standard InChI is InChI=1S/C52H68N4O18S4/c1-51(25-7-3-5-19-43(57)58)53(27-11-31-75(63,64)65)39-17-9-15-35-37(21-23-41(45(35)39)55(51)29-13-33-77(69,70)71)47-49(61)48(50(47)62)38-22-24-42-46-36(38)16-10-18-40(46)54(28-12-32-76(66,67)68)52(2,26-8-4-6-20-44(59)60)56(42)30-14-34-78(72,73)74/h9-10,15-18,21-24,47,61H,3-8,11-14,19-20,25-34H2,1-2H3,(H,57,58)(H,59,60)(H,63,64,65)(H,66,67,68)(H,69,70,71)(H,72,73,74). The predicted molar refractivity (Wildman–Crippen MR) is 297 cm³/mol. The maximum atomic E-state index is 14.9. The first-order valence-electron chi connectivity index (χ1n) is 25.9. The summed E-state index contributed by atoms with van der Waals surface area (Å²) in [6.45, 7) is 4.11. The van der Waals surface area contributed by atoms with E-state index in [4.69, 9.17) is 0 Å². The van der Waals surface area contributed by atoms with Crippen LogP contribution < -0.4 is 19.6 Å². The Kier molecular flexibility index (Phi) is 18.2. The molecule has 0 fully saturated rings. The van der Waals surface area contributed by atoms with Crippen LogP contribution in [0.15, 0.2) is 66.4 Å². The number of ketones is 1. The second-order valence-electron chi connectivity index (χ2n) is 20.8. The zero-order valence-corrected chi connectivity index (χ0v) is 46.7. The summed E-state index contributed by atoms with van der Waals surface area (Å²) in [6, 6.07) is 17.6. The number of rotatable bonds is 30. The van der Waals surface area contributed by atoms with Crippen molar-refractivity contribution >= 4 is 108 Å². The van der Waals surface area contributed by atoms with Crippen LogP contribution in [-0.2, 0) is 54.9 Å². The number of aliphatic hydroxyl groups excluding tert-OH is 1. The lowest BCUT2D eigenvalue weighted by Crippen LogP contribution is -2.62. The van der Waals surface area contributed by atoms with E-state index in [1.165, 1.54) is 0 Å². The number of allylic oxidation sites excluding steroid dienone is 2. The van der Waals surface area contributed by atoms with Crippen molar-refractivity contribution in [1.82, 2.24) is 0 Å². The number of carboxylic acids is 2. The number of unbranched alkanes of at least 4 members (excludes halogenated alkanes) is 4. The predicted octanol–water partition coefficient (Wildman–Crippen LogP) is 7.50. The summed E-state index contributed by atoms with van der Waals surface area (Å²) in [6.07, 6.45) is 3.40. The Balaban J connectivity index is 1.34. The molecule has 7 rings (SSSR count). The molecular weight excluding hydrogens is 1100 g/mol. The molecule has 3 aliphatic rings. The van der Waals surface area contributed by atoms with Gasteiger partial charge in [-0.1, -0.05) is 49.2 Å². The lowest BCUT2D eigenvalue weighted by molar-refractivity contribution is -0.138. The molecule has 2 aliphatic heterocycles. The van der Waals surface area contributed by atoms with Gasteiger partial charge in [0, 0.05) is 72.5 Å². The molecule has 26 heteroatoms. The second kappa shape index (κ2) is 23.6. The van der Waals surface area contributed by atoms with Gasteiger partial charge in [0.25, 0.3) is 40.5 Å². The molecule has 3 atom stereocenters. The highest BCUT2D eigenvalue weighted by atomic mass is 32.2. The Morgan fingerprint density at radius 1 is 0.487 bits per heavy atom. The fourth-order valence-corrected chi connectivity index (χ4v) is 13.9. The van der Waals surface area contributed by atoms with Crippen LogP contribution in [0.4, 0.5) is 22.7 Å². The monoisotopic (exact) mass is 1160 g/mol. The minimum Gasteiger partial charge on any atom is -0.510 e. The third-order valence-corrected chi connectivity index (χ3v) is 18.6. The Labute approximate surface area is 454 Å². The smallest absolute Gasteiger partial charge is 0.303 e. The number of aliphatic carboxylic acids is 2. The number of Topliss-reactive ketones (excluding diaryl/α,β-unsaturated/α-hetero) is 1. The van der Waals surface area contributed by atoms with Crippen molar-refractivity contribution in [3.8, 4) is 0 Å². The van der Waals surface area contributed by atoms with Crippen LogP contribution in [0.1, 0.15) is 121 Å². The molecule has 3 unspecified atom stereocenters. The zero-order chi connectivity index (χ0) is 57.2. The van der Waals surface area contributed by atoms with E-state index < -0.39 is 98.4 Å². The van der Waals surface area contributed by atoms with Crippen LogP contribution in [0, 0.1) is 0 Å². The van der Waals surface area contributed by atoms with Gasteiger partial charge in [0.15, 0.2) is 5.78 Å². The number of carbonyl (C=O) groups is 3. The minimum absolute atomic E-state index is 0.0148. The quantitative estimate of drug-likeness (QED) is 0.0196. The van der Waals surface area contributed by atoms with Crippen molar-refractivity contribution in [2.24, 2.45) is 0 Å². The van der Waals surface area contributed by atoms with Crippen LogP contribution in [0.5, 0.6) is 0 Å². The molecule has 78 heavy (non-hydrogen) atoms. The first-order chi connectivity index (χ1) is 36.5. The van der Waals surface area contributed by atoms with E-state index >= 15 is 0 Å². The molecule has 22 nitrogen and oxygen atoms in total. The molecule has 0 amide bonds. The van der Waals surface area contributed by atoms with Crippen molar-refractivity contribution in [2.75, 3.05) is 68.8 Å². The fraction of sp³-hybridized carbons (Fsp3) is 0.519. The van der Waals surface area contributed by atoms with E-state index in [9.17, 15) is 81.6 Å². The molecule has 1 aliphatic carbocycles. The van der Waals surface area contributed by atoms with Crippen LogP contribution in [0.25, 0.3) is 27.1 Å². The van der Waals surface area contributed by atoms with Crippen LogP contribution in [0.3, 0.4) is 0 Å². The Morgan fingerprint density at radius 3 is 1.22 bits per heavy atom. The van der Waals surface area contributed by atoms with Crippen molar-refractivity contribution < 1.29 is 81.6 Å². The van der Waals surface area contributed by atoms with Crippen LogP contribution in [-0.4, -0.2) is 145 Å². The highest BCUT2D eigenvalue weighted by Crippen LogP contribution is 2.55. The highest BCUT2D eigenvalue weighted by molar-refractivity contribution is 7.86. The average Bonchev–Trinajstić information content (AvgIpc) is 3.51. The number of hydrogen-bond acceptors (Lipinski definition) is 16. The van der Waals surface area contributed by atoms with Gasteiger partial charge in [-0.05, 0) is 124 Å². The third-order valence-electron chi connectivity index (χ3n) is 15.4. The van der Waals surface area contributed by atoms with Gasteiger partial charge in [-0.25, -0.2) is 0 Å². The Hall–Kier alpha value is -5.61. The lowest BCUT2D eigenvalue weighted by Gasteiger charge is -2.55.